The highest BCUT2D eigenvalue weighted by atomic mass is 15.1. The van der Waals surface area contributed by atoms with Crippen LogP contribution >= 0.6 is 0 Å². The fraction of sp³-hybridized carbons (Fsp3) is 1.00. The van der Waals surface area contributed by atoms with Gasteiger partial charge in [-0.3, -0.25) is 0 Å². The van der Waals surface area contributed by atoms with Crippen LogP contribution in [0.2, 0.25) is 0 Å². The third-order valence-electron chi connectivity index (χ3n) is 4.62. The van der Waals surface area contributed by atoms with Crippen LogP contribution in [0.1, 0.15) is 78.1 Å². The first-order valence-corrected chi connectivity index (χ1v) is 9.11. The minimum atomic E-state index is 0.781. The summed E-state index contributed by atoms with van der Waals surface area (Å²) in [6, 6.07) is 0.880. The van der Waals surface area contributed by atoms with E-state index in [4.69, 9.17) is 0 Å². The van der Waals surface area contributed by atoms with Crippen molar-refractivity contribution >= 4 is 0 Å². The van der Waals surface area contributed by atoms with Gasteiger partial charge >= 0.3 is 0 Å². The number of nitrogens with zero attached hydrogens (tertiary/aromatic N) is 1. The average molecular weight is 283 g/mol. The second-order valence-corrected chi connectivity index (χ2v) is 7.14. The fourth-order valence-electron chi connectivity index (χ4n) is 3.24. The van der Waals surface area contributed by atoms with Gasteiger partial charge in [0.2, 0.25) is 0 Å². The van der Waals surface area contributed by atoms with Gasteiger partial charge in [-0.2, -0.15) is 0 Å². The average Bonchev–Trinajstić information content (AvgIpc) is 2.70. The van der Waals surface area contributed by atoms with E-state index in [0.29, 0.717) is 0 Å². The third kappa shape index (κ3) is 8.97. The Bertz CT molecular complexity index is 207. The van der Waals surface area contributed by atoms with Gasteiger partial charge in [-0.1, -0.05) is 52.4 Å². The van der Waals surface area contributed by atoms with Gasteiger partial charge in [-0.15, -0.1) is 0 Å². The first-order valence-electron chi connectivity index (χ1n) is 9.11. The van der Waals surface area contributed by atoms with Crippen LogP contribution in [-0.4, -0.2) is 37.6 Å². The zero-order chi connectivity index (χ0) is 14.6. The zero-order valence-electron chi connectivity index (χ0n) is 14.3. The molecule has 0 bridgehead atoms. The molecule has 0 heterocycles. The van der Waals surface area contributed by atoms with E-state index in [-0.39, 0.29) is 0 Å². The van der Waals surface area contributed by atoms with Crippen molar-refractivity contribution in [3.8, 4) is 0 Å². The molecule has 0 unspecified atom stereocenters. The Kier molecular flexibility index (Phi) is 10.4. The number of unbranched alkanes of at least 4 members (excludes halogenated alkanes) is 3. The largest absolute Gasteiger partial charge is 0.316 e. The molecule has 0 atom stereocenters. The molecule has 0 radical (unpaired) electrons. The highest BCUT2D eigenvalue weighted by Gasteiger charge is 2.15. The van der Waals surface area contributed by atoms with Crippen molar-refractivity contribution in [2.75, 3.05) is 26.7 Å². The zero-order valence-corrected chi connectivity index (χ0v) is 14.3. The van der Waals surface area contributed by atoms with Crippen LogP contribution in [0.5, 0.6) is 0 Å². The van der Waals surface area contributed by atoms with E-state index in [1.54, 1.807) is 0 Å². The quantitative estimate of drug-likeness (QED) is 0.470. The summed E-state index contributed by atoms with van der Waals surface area (Å²) in [5, 5.41) is 3.53. The molecule has 0 aromatic carbocycles. The highest BCUT2D eigenvalue weighted by Crippen LogP contribution is 2.21. The molecule has 0 aliphatic heterocycles. The lowest BCUT2D eigenvalue weighted by Gasteiger charge is -2.27. The Labute approximate surface area is 127 Å². The lowest BCUT2D eigenvalue weighted by molar-refractivity contribution is 0.216. The minimum Gasteiger partial charge on any atom is -0.316 e. The molecule has 0 amide bonds. The van der Waals surface area contributed by atoms with E-state index in [9.17, 15) is 0 Å². The van der Waals surface area contributed by atoms with Crippen molar-refractivity contribution < 1.29 is 0 Å². The molecule has 1 aliphatic rings. The van der Waals surface area contributed by atoms with Gasteiger partial charge in [0.05, 0.1) is 0 Å². The van der Waals surface area contributed by atoms with Crippen LogP contribution in [-0.2, 0) is 0 Å². The second-order valence-electron chi connectivity index (χ2n) is 7.14. The number of hydrogen-bond donors (Lipinski definition) is 1. The maximum atomic E-state index is 3.53. The van der Waals surface area contributed by atoms with Crippen LogP contribution in [0.4, 0.5) is 0 Å². The summed E-state index contributed by atoms with van der Waals surface area (Å²) in [7, 11) is 2.35. The van der Waals surface area contributed by atoms with Gasteiger partial charge in [-0.05, 0) is 58.3 Å². The Hall–Kier alpha value is -0.0800. The minimum absolute atomic E-state index is 0.781. The van der Waals surface area contributed by atoms with Crippen molar-refractivity contribution in [3.63, 3.8) is 0 Å². The molecule has 1 fully saturated rings. The van der Waals surface area contributed by atoms with E-state index in [1.165, 1.54) is 83.8 Å². The topological polar surface area (TPSA) is 15.3 Å². The Morgan fingerprint density at radius 3 is 2.25 bits per heavy atom. The summed E-state index contributed by atoms with van der Waals surface area (Å²) < 4.78 is 0. The van der Waals surface area contributed by atoms with Crippen LogP contribution < -0.4 is 5.32 Å². The SMILES string of the molecule is CC(C)CNCCCCCCN(C)C1CCCCCC1. The van der Waals surface area contributed by atoms with E-state index in [0.717, 1.165) is 12.0 Å². The lowest BCUT2D eigenvalue weighted by atomic mass is 10.1. The van der Waals surface area contributed by atoms with Gasteiger partial charge in [0, 0.05) is 6.04 Å². The molecule has 1 aliphatic carbocycles. The van der Waals surface area contributed by atoms with E-state index < -0.39 is 0 Å². The molecule has 20 heavy (non-hydrogen) atoms. The summed E-state index contributed by atoms with van der Waals surface area (Å²) in [5.41, 5.74) is 0. The van der Waals surface area contributed by atoms with E-state index in [1.807, 2.05) is 0 Å². The molecule has 2 nitrogen and oxygen atoms in total. The number of nitrogens with one attached hydrogen (secondary N) is 1. The summed E-state index contributed by atoms with van der Waals surface area (Å²) >= 11 is 0. The van der Waals surface area contributed by atoms with Gasteiger partial charge in [0.25, 0.3) is 0 Å². The summed E-state index contributed by atoms with van der Waals surface area (Å²) in [6.07, 6.45) is 14.3. The Morgan fingerprint density at radius 1 is 0.950 bits per heavy atom. The highest BCUT2D eigenvalue weighted by molar-refractivity contribution is 4.72. The van der Waals surface area contributed by atoms with Gasteiger partial charge in [0.15, 0.2) is 0 Å². The first-order chi connectivity index (χ1) is 9.70. The van der Waals surface area contributed by atoms with Gasteiger partial charge in [-0.25, -0.2) is 0 Å². The smallest absolute Gasteiger partial charge is 0.00922 e. The molecule has 0 spiro atoms. The number of rotatable bonds is 10. The monoisotopic (exact) mass is 282 g/mol. The van der Waals surface area contributed by atoms with Crippen molar-refractivity contribution in [2.45, 2.75) is 84.1 Å². The van der Waals surface area contributed by atoms with Crippen LogP contribution in [0.3, 0.4) is 0 Å². The molecule has 120 valence electrons. The standard InChI is InChI=1S/C18H38N2/c1-17(2)16-19-14-10-6-7-11-15-20(3)18-12-8-4-5-9-13-18/h17-19H,4-16H2,1-3H3. The molecular formula is C18H38N2. The van der Waals surface area contributed by atoms with Gasteiger partial charge < -0.3 is 10.2 Å². The summed E-state index contributed by atoms with van der Waals surface area (Å²) in [4.78, 5) is 2.64. The van der Waals surface area contributed by atoms with Crippen molar-refractivity contribution in [1.29, 1.82) is 0 Å². The Morgan fingerprint density at radius 2 is 1.60 bits per heavy atom. The first kappa shape index (κ1) is 18.0. The predicted molar refractivity (Wildman–Crippen MR) is 90.3 cm³/mol. The van der Waals surface area contributed by atoms with Crippen molar-refractivity contribution in [1.82, 2.24) is 10.2 Å². The predicted octanol–water partition coefficient (Wildman–Crippen LogP) is 4.45. The van der Waals surface area contributed by atoms with Crippen molar-refractivity contribution in [3.05, 3.63) is 0 Å². The molecule has 0 saturated heterocycles. The van der Waals surface area contributed by atoms with E-state index in [2.05, 4.69) is 31.1 Å². The van der Waals surface area contributed by atoms with Crippen molar-refractivity contribution in [2.24, 2.45) is 5.92 Å². The fourth-order valence-corrected chi connectivity index (χ4v) is 3.24. The lowest BCUT2D eigenvalue weighted by Crippen LogP contribution is -2.32. The van der Waals surface area contributed by atoms with Crippen LogP contribution in [0.25, 0.3) is 0 Å². The van der Waals surface area contributed by atoms with E-state index >= 15 is 0 Å². The summed E-state index contributed by atoms with van der Waals surface area (Å²) in [6.45, 7) is 8.23. The Balaban J connectivity index is 1.92. The maximum absolute atomic E-state index is 3.53. The maximum Gasteiger partial charge on any atom is 0.00922 e. The molecule has 0 aromatic heterocycles. The number of hydrogen-bond acceptors (Lipinski definition) is 2. The second kappa shape index (κ2) is 11.6. The molecule has 1 saturated carbocycles. The molecule has 1 rings (SSSR count). The molecule has 2 heteroatoms. The molecule has 0 aromatic rings. The summed E-state index contributed by atoms with van der Waals surface area (Å²) in [5.74, 6) is 0.781. The third-order valence-corrected chi connectivity index (χ3v) is 4.62. The normalized spacial score (nSPS) is 17.9. The molecular weight excluding hydrogens is 244 g/mol. The van der Waals surface area contributed by atoms with Gasteiger partial charge in [0.1, 0.15) is 0 Å². The van der Waals surface area contributed by atoms with Crippen LogP contribution in [0, 0.1) is 5.92 Å². The molecule has 1 N–H and O–H groups in total. The van der Waals surface area contributed by atoms with Crippen LogP contribution in [0.15, 0.2) is 0 Å².